The quantitative estimate of drug-likeness (QED) is 0.905. The van der Waals surface area contributed by atoms with E-state index < -0.39 is 6.10 Å². The standard InChI is InChI=1S/C17H17BrO3/c1-20-10-11-2-4-12(5-3-11)17-9-15(19)14-8-13(18)6-7-16(14)21-17/h2-8,15,17,19H,9-10H2,1H3/t15-,17?/m0/s1. The number of halogens is 1. The number of rotatable bonds is 3. The van der Waals surface area contributed by atoms with E-state index in [9.17, 15) is 5.11 Å². The van der Waals surface area contributed by atoms with Gasteiger partial charge in [-0.05, 0) is 29.3 Å². The Kier molecular flexibility index (Phi) is 4.29. The molecule has 0 fully saturated rings. The van der Waals surface area contributed by atoms with Crippen molar-refractivity contribution in [3.63, 3.8) is 0 Å². The molecule has 2 aromatic carbocycles. The van der Waals surface area contributed by atoms with Gasteiger partial charge in [0, 0.05) is 23.6 Å². The fourth-order valence-electron chi connectivity index (χ4n) is 2.62. The number of benzene rings is 2. The van der Waals surface area contributed by atoms with Gasteiger partial charge in [-0.1, -0.05) is 40.2 Å². The van der Waals surface area contributed by atoms with Crippen molar-refractivity contribution < 1.29 is 14.6 Å². The molecule has 21 heavy (non-hydrogen) atoms. The van der Waals surface area contributed by atoms with Crippen LogP contribution in [0, 0.1) is 0 Å². The van der Waals surface area contributed by atoms with E-state index in [1.165, 1.54) is 0 Å². The Morgan fingerprint density at radius 2 is 2.00 bits per heavy atom. The Morgan fingerprint density at radius 1 is 1.24 bits per heavy atom. The van der Waals surface area contributed by atoms with Crippen LogP contribution in [0.25, 0.3) is 0 Å². The maximum absolute atomic E-state index is 10.3. The summed E-state index contributed by atoms with van der Waals surface area (Å²) in [6, 6.07) is 13.9. The lowest BCUT2D eigenvalue weighted by atomic mass is 9.94. The average molecular weight is 349 g/mol. The second kappa shape index (κ2) is 6.18. The lowest BCUT2D eigenvalue weighted by Gasteiger charge is -2.30. The Hall–Kier alpha value is -1.36. The zero-order valence-corrected chi connectivity index (χ0v) is 13.3. The van der Waals surface area contributed by atoms with Gasteiger partial charge in [0.2, 0.25) is 0 Å². The van der Waals surface area contributed by atoms with Crippen LogP contribution in [0.5, 0.6) is 5.75 Å². The third kappa shape index (κ3) is 3.12. The van der Waals surface area contributed by atoms with Gasteiger partial charge in [0.05, 0.1) is 12.7 Å². The van der Waals surface area contributed by atoms with Gasteiger partial charge < -0.3 is 14.6 Å². The summed E-state index contributed by atoms with van der Waals surface area (Å²) in [6.45, 7) is 0.602. The van der Waals surface area contributed by atoms with Crippen molar-refractivity contribution in [2.75, 3.05) is 7.11 Å². The lowest BCUT2D eigenvalue weighted by molar-refractivity contribution is 0.0656. The van der Waals surface area contributed by atoms with Crippen LogP contribution < -0.4 is 4.74 Å². The van der Waals surface area contributed by atoms with E-state index in [0.717, 1.165) is 26.9 Å². The molecule has 0 amide bonds. The monoisotopic (exact) mass is 348 g/mol. The maximum Gasteiger partial charge on any atom is 0.127 e. The molecule has 0 spiro atoms. The van der Waals surface area contributed by atoms with Crippen molar-refractivity contribution in [1.82, 2.24) is 0 Å². The first kappa shape index (κ1) is 14.6. The van der Waals surface area contributed by atoms with Gasteiger partial charge in [-0.25, -0.2) is 0 Å². The van der Waals surface area contributed by atoms with Crippen molar-refractivity contribution in [1.29, 1.82) is 0 Å². The van der Waals surface area contributed by atoms with Crippen LogP contribution in [0.15, 0.2) is 46.9 Å². The maximum atomic E-state index is 10.3. The summed E-state index contributed by atoms with van der Waals surface area (Å²) in [5.41, 5.74) is 3.04. The summed E-state index contributed by atoms with van der Waals surface area (Å²) in [5, 5.41) is 10.3. The van der Waals surface area contributed by atoms with Crippen molar-refractivity contribution in [2.24, 2.45) is 0 Å². The first-order valence-corrected chi connectivity index (χ1v) is 7.68. The topological polar surface area (TPSA) is 38.7 Å². The van der Waals surface area contributed by atoms with E-state index in [4.69, 9.17) is 9.47 Å². The molecular weight excluding hydrogens is 332 g/mol. The Morgan fingerprint density at radius 3 is 2.71 bits per heavy atom. The third-order valence-electron chi connectivity index (χ3n) is 3.70. The van der Waals surface area contributed by atoms with Crippen molar-refractivity contribution in [3.8, 4) is 5.75 Å². The van der Waals surface area contributed by atoms with Gasteiger partial charge in [-0.3, -0.25) is 0 Å². The van der Waals surface area contributed by atoms with E-state index in [0.29, 0.717) is 13.0 Å². The summed E-state index contributed by atoms with van der Waals surface area (Å²) in [6.07, 6.45) is -0.0623. The molecular formula is C17H17BrO3. The van der Waals surface area contributed by atoms with Gasteiger partial charge in [0.1, 0.15) is 11.9 Å². The number of aliphatic hydroxyl groups is 1. The van der Waals surface area contributed by atoms with Gasteiger partial charge in [-0.2, -0.15) is 0 Å². The number of hydrogen-bond donors (Lipinski definition) is 1. The summed E-state index contributed by atoms with van der Waals surface area (Å²) >= 11 is 3.42. The molecule has 2 atom stereocenters. The number of hydrogen-bond acceptors (Lipinski definition) is 3. The summed E-state index contributed by atoms with van der Waals surface area (Å²) < 4.78 is 12.1. The molecule has 2 aromatic rings. The number of fused-ring (bicyclic) bond motifs is 1. The predicted molar refractivity (Wildman–Crippen MR) is 84.2 cm³/mol. The highest BCUT2D eigenvalue weighted by Gasteiger charge is 2.28. The first-order chi connectivity index (χ1) is 10.2. The predicted octanol–water partition coefficient (Wildman–Crippen LogP) is 4.15. The fourth-order valence-corrected chi connectivity index (χ4v) is 3.00. The Labute approximate surface area is 132 Å². The van der Waals surface area contributed by atoms with E-state index >= 15 is 0 Å². The van der Waals surface area contributed by atoms with E-state index in [1.54, 1.807) is 7.11 Å². The number of aliphatic hydroxyl groups excluding tert-OH is 1. The molecule has 0 saturated carbocycles. The molecule has 0 aliphatic carbocycles. The summed E-state index contributed by atoms with van der Waals surface area (Å²) in [7, 11) is 1.68. The van der Waals surface area contributed by atoms with Crippen LogP contribution in [-0.2, 0) is 11.3 Å². The van der Waals surface area contributed by atoms with Crippen LogP contribution >= 0.6 is 15.9 Å². The molecule has 110 valence electrons. The first-order valence-electron chi connectivity index (χ1n) is 6.89. The smallest absolute Gasteiger partial charge is 0.127 e. The minimum atomic E-state index is -0.505. The molecule has 0 bridgehead atoms. The SMILES string of the molecule is COCc1ccc(C2C[C@H](O)c3cc(Br)ccc3O2)cc1. The van der Waals surface area contributed by atoms with Gasteiger partial charge >= 0.3 is 0 Å². The van der Waals surface area contributed by atoms with E-state index in [2.05, 4.69) is 15.9 Å². The van der Waals surface area contributed by atoms with Crippen LogP contribution in [0.2, 0.25) is 0 Å². The van der Waals surface area contributed by atoms with Crippen LogP contribution in [0.3, 0.4) is 0 Å². The Balaban J connectivity index is 1.83. The summed E-state index contributed by atoms with van der Waals surface area (Å²) in [5.74, 6) is 0.753. The zero-order valence-electron chi connectivity index (χ0n) is 11.8. The minimum absolute atomic E-state index is 0.120. The van der Waals surface area contributed by atoms with Gasteiger partial charge in [0.15, 0.2) is 0 Å². The van der Waals surface area contributed by atoms with Crippen LogP contribution in [-0.4, -0.2) is 12.2 Å². The molecule has 1 heterocycles. The highest BCUT2D eigenvalue weighted by Crippen LogP contribution is 2.41. The number of methoxy groups -OCH3 is 1. The largest absolute Gasteiger partial charge is 0.485 e. The van der Waals surface area contributed by atoms with Crippen molar-refractivity contribution in [3.05, 3.63) is 63.6 Å². The van der Waals surface area contributed by atoms with E-state index in [-0.39, 0.29) is 6.10 Å². The second-order valence-corrected chi connectivity index (χ2v) is 6.13. The molecule has 0 saturated heterocycles. The van der Waals surface area contributed by atoms with Gasteiger partial charge in [-0.15, -0.1) is 0 Å². The average Bonchev–Trinajstić information content (AvgIpc) is 2.49. The Bertz CT molecular complexity index is 624. The second-order valence-electron chi connectivity index (χ2n) is 5.21. The van der Waals surface area contributed by atoms with Crippen LogP contribution in [0.4, 0.5) is 0 Å². The molecule has 1 aliphatic rings. The number of ether oxygens (including phenoxy) is 2. The third-order valence-corrected chi connectivity index (χ3v) is 4.19. The molecule has 4 heteroatoms. The molecule has 1 aliphatic heterocycles. The van der Waals surface area contributed by atoms with E-state index in [1.807, 2.05) is 42.5 Å². The van der Waals surface area contributed by atoms with Crippen molar-refractivity contribution in [2.45, 2.75) is 25.2 Å². The van der Waals surface area contributed by atoms with Crippen LogP contribution in [0.1, 0.15) is 35.3 Å². The zero-order chi connectivity index (χ0) is 14.8. The minimum Gasteiger partial charge on any atom is -0.485 e. The molecule has 0 radical (unpaired) electrons. The molecule has 1 N–H and O–H groups in total. The summed E-state index contributed by atoms with van der Waals surface area (Å²) in [4.78, 5) is 0. The lowest BCUT2D eigenvalue weighted by Crippen LogP contribution is -2.19. The normalized spacial score (nSPS) is 20.7. The molecule has 3 nitrogen and oxygen atoms in total. The van der Waals surface area contributed by atoms with Gasteiger partial charge in [0.25, 0.3) is 0 Å². The fraction of sp³-hybridized carbons (Fsp3) is 0.294. The highest BCUT2D eigenvalue weighted by molar-refractivity contribution is 9.10. The highest BCUT2D eigenvalue weighted by atomic mass is 79.9. The molecule has 0 aromatic heterocycles. The molecule has 1 unspecified atom stereocenters. The molecule has 3 rings (SSSR count). The van der Waals surface area contributed by atoms with Crippen molar-refractivity contribution >= 4 is 15.9 Å².